The standard InChI is InChI=1S/C8H11N5S/c1-3-13-5(2)6(4-10-13)7-11-12-8(9)14-7/h4H,3H2,1-2H3,(H2,9,12). The number of anilines is 1. The van der Waals surface area contributed by atoms with Crippen molar-refractivity contribution in [2.45, 2.75) is 20.4 Å². The molecule has 2 N–H and O–H groups in total. The van der Waals surface area contributed by atoms with E-state index >= 15 is 0 Å². The first-order valence-corrected chi connectivity index (χ1v) is 5.15. The van der Waals surface area contributed by atoms with E-state index in [-0.39, 0.29) is 0 Å². The van der Waals surface area contributed by atoms with E-state index in [4.69, 9.17) is 5.73 Å². The second kappa shape index (κ2) is 3.38. The van der Waals surface area contributed by atoms with Crippen molar-refractivity contribution in [3.8, 4) is 10.6 Å². The molecular formula is C8H11N5S. The molecular weight excluding hydrogens is 198 g/mol. The number of nitrogens with zero attached hydrogens (tertiary/aromatic N) is 4. The number of aromatic nitrogens is 4. The Morgan fingerprint density at radius 2 is 2.29 bits per heavy atom. The molecule has 0 aliphatic heterocycles. The van der Waals surface area contributed by atoms with E-state index in [1.807, 2.05) is 11.6 Å². The molecule has 0 atom stereocenters. The zero-order valence-corrected chi connectivity index (χ0v) is 8.88. The molecule has 14 heavy (non-hydrogen) atoms. The fourth-order valence-corrected chi connectivity index (χ4v) is 1.99. The van der Waals surface area contributed by atoms with E-state index in [0.717, 1.165) is 22.8 Å². The molecule has 0 amide bonds. The van der Waals surface area contributed by atoms with Gasteiger partial charge in [-0.05, 0) is 13.8 Å². The number of hydrogen-bond donors (Lipinski definition) is 1. The molecule has 0 bridgehead atoms. The third-order valence-electron chi connectivity index (χ3n) is 2.07. The van der Waals surface area contributed by atoms with Gasteiger partial charge in [0.2, 0.25) is 5.13 Å². The fourth-order valence-electron chi connectivity index (χ4n) is 1.32. The van der Waals surface area contributed by atoms with E-state index in [1.165, 1.54) is 11.3 Å². The van der Waals surface area contributed by atoms with Crippen LogP contribution in [0.15, 0.2) is 6.20 Å². The molecule has 6 heteroatoms. The van der Waals surface area contributed by atoms with Gasteiger partial charge in [0.25, 0.3) is 0 Å². The predicted molar refractivity (Wildman–Crippen MR) is 56.0 cm³/mol. The van der Waals surface area contributed by atoms with Gasteiger partial charge < -0.3 is 5.73 Å². The van der Waals surface area contributed by atoms with Crippen LogP contribution in [0.5, 0.6) is 0 Å². The van der Waals surface area contributed by atoms with Crippen LogP contribution in [0.25, 0.3) is 10.6 Å². The first kappa shape index (κ1) is 9.14. The largest absolute Gasteiger partial charge is 0.374 e. The topological polar surface area (TPSA) is 69.6 Å². The van der Waals surface area contributed by atoms with E-state index in [2.05, 4.69) is 22.2 Å². The highest BCUT2D eigenvalue weighted by atomic mass is 32.1. The van der Waals surface area contributed by atoms with Crippen molar-refractivity contribution in [3.05, 3.63) is 11.9 Å². The predicted octanol–water partition coefficient (Wildman–Crippen LogP) is 1.31. The lowest BCUT2D eigenvalue weighted by Crippen LogP contribution is -1.98. The van der Waals surface area contributed by atoms with Crippen LogP contribution >= 0.6 is 11.3 Å². The van der Waals surface area contributed by atoms with Crippen LogP contribution in [0.2, 0.25) is 0 Å². The second-order valence-electron chi connectivity index (χ2n) is 2.90. The average molecular weight is 209 g/mol. The van der Waals surface area contributed by atoms with E-state index in [9.17, 15) is 0 Å². The maximum absolute atomic E-state index is 5.52. The zero-order valence-electron chi connectivity index (χ0n) is 8.06. The average Bonchev–Trinajstić information content (AvgIpc) is 2.72. The number of rotatable bonds is 2. The van der Waals surface area contributed by atoms with Crippen LogP contribution in [-0.2, 0) is 6.54 Å². The number of hydrogen-bond acceptors (Lipinski definition) is 5. The summed E-state index contributed by atoms with van der Waals surface area (Å²) in [5, 5.41) is 13.3. The summed E-state index contributed by atoms with van der Waals surface area (Å²) in [4.78, 5) is 0. The molecule has 0 radical (unpaired) electrons. The van der Waals surface area contributed by atoms with Crippen molar-refractivity contribution in [2.75, 3.05) is 5.73 Å². The monoisotopic (exact) mass is 209 g/mol. The molecule has 2 aromatic rings. The molecule has 2 rings (SSSR count). The minimum absolute atomic E-state index is 0.489. The first-order chi connectivity index (χ1) is 6.72. The Bertz CT molecular complexity index is 444. The number of aryl methyl sites for hydroxylation is 1. The Balaban J connectivity index is 2.46. The Labute approximate surface area is 85.6 Å². The molecule has 0 aliphatic rings. The fraction of sp³-hybridized carbons (Fsp3) is 0.375. The molecule has 0 aliphatic carbocycles. The minimum atomic E-state index is 0.489. The van der Waals surface area contributed by atoms with Gasteiger partial charge in [0.05, 0.1) is 11.8 Å². The highest BCUT2D eigenvalue weighted by Crippen LogP contribution is 2.26. The first-order valence-electron chi connectivity index (χ1n) is 4.34. The van der Waals surface area contributed by atoms with Gasteiger partial charge in [0.1, 0.15) is 0 Å². The molecule has 0 unspecified atom stereocenters. The highest BCUT2D eigenvalue weighted by molar-refractivity contribution is 7.18. The molecule has 0 aromatic carbocycles. The zero-order chi connectivity index (χ0) is 10.1. The van der Waals surface area contributed by atoms with E-state index < -0.39 is 0 Å². The second-order valence-corrected chi connectivity index (χ2v) is 3.91. The van der Waals surface area contributed by atoms with Crippen molar-refractivity contribution in [3.63, 3.8) is 0 Å². The summed E-state index contributed by atoms with van der Waals surface area (Å²) in [7, 11) is 0. The lowest BCUT2D eigenvalue weighted by Gasteiger charge is -1.98. The molecule has 74 valence electrons. The van der Waals surface area contributed by atoms with Gasteiger partial charge in [-0.2, -0.15) is 5.10 Å². The van der Waals surface area contributed by atoms with Crippen LogP contribution in [0, 0.1) is 6.92 Å². The van der Waals surface area contributed by atoms with Gasteiger partial charge in [-0.25, -0.2) is 0 Å². The number of nitrogen functional groups attached to an aromatic ring is 1. The quantitative estimate of drug-likeness (QED) is 0.809. The van der Waals surface area contributed by atoms with Crippen LogP contribution < -0.4 is 5.73 Å². The summed E-state index contributed by atoms with van der Waals surface area (Å²) in [6, 6.07) is 0. The normalized spacial score (nSPS) is 10.7. The smallest absolute Gasteiger partial charge is 0.203 e. The molecule has 2 aromatic heterocycles. The van der Waals surface area contributed by atoms with Gasteiger partial charge >= 0.3 is 0 Å². The van der Waals surface area contributed by atoms with Crippen molar-refractivity contribution < 1.29 is 0 Å². The molecule has 5 nitrogen and oxygen atoms in total. The van der Waals surface area contributed by atoms with Crippen LogP contribution in [0.3, 0.4) is 0 Å². The third kappa shape index (κ3) is 1.37. The summed E-state index contributed by atoms with van der Waals surface area (Å²) in [5.74, 6) is 0. The van der Waals surface area contributed by atoms with E-state index in [1.54, 1.807) is 6.20 Å². The van der Waals surface area contributed by atoms with Crippen molar-refractivity contribution in [1.29, 1.82) is 0 Å². The minimum Gasteiger partial charge on any atom is -0.374 e. The SMILES string of the molecule is CCn1ncc(-c2nnc(N)s2)c1C. The Kier molecular flexibility index (Phi) is 2.20. The highest BCUT2D eigenvalue weighted by Gasteiger charge is 2.11. The maximum atomic E-state index is 5.52. The summed E-state index contributed by atoms with van der Waals surface area (Å²) < 4.78 is 1.92. The molecule has 0 spiro atoms. The van der Waals surface area contributed by atoms with Crippen molar-refractivity contribution >= 4 is 16.5 Å². The Morgan fingerprint density at radius 1 is 1.50 bits per heavy atom. The van der Waals surface area contributed by atoms with Crippen LogP contribution in [0.1, 0.15) is 12.6 Å². The summed E-state index contributed by atoms with van der Waals surface area (Å²) in [6.45, 7) is 4.93. The summed E-state index contributed by atoms with van der Waals surface area (Å²) in [5.41, 5.74) is 7.64. The van der Waals surface area contributed by atoms with Crippen molar-refractivity contribution in [2.24, 2.45) is 0 Å². The van der Waals surface area contributed by atoms with Crippen molar-refractivity contribution in [1.82, 2.24) is 20.0 Å². The lowest BCUT2D eigenvalue weighted by atomic mass is 10.3. The van der Waals surface area contributed by atoms with Crippen LogP contribution in [-0.4, -0.2) is 20.0 Å². The Morgan fingerprint density at radius 3 is 2.79 bits per heavy atom. The van der Waals surface area contributed by atoms with Gasteiger partial charge in [0, 0.05) is 12.2 Å². The van der Waals surface area contributed by atoms with Gasteiger partial charge in [0.15, 0.2) is 5.01 Å². The maximum Gasteiger partial charge on any atom is 0.203 e. The number of nitrogens with two attached hydrogens (primary N) is 1. The van der Waals surface area contributed by atoms with E-state index in [0.29, 0.717) is 5.13 Å². The Hall–Kier alpha value is -1.43. The summed E-state index contributed by atoms with van der Waals surface area (Å²) >= 11 is 1.38. The lowest BCUT2D eigenvalue weighted by molar-refractivity contribution is 0.640. The molecule has 0 saturated carbocycles. The van der Waals surface area contributed by atoms with Gasteiger partial charge in [-0.3, -0.25) is 4.68 Å². The third-order valence-corrected chi connectivity index (χ3v) is 2.86. The molecule has 0 fully saturated rings. The molecule has 2 heterocycles. The molecule has 0 saturated heterocycles. The van der Waals surface area contributed by atoms with Crippen LogP contribution in [0.4, 0.5) is 5.13 Å². The van der Waals surface area contributed by atoms with Gasteiger partial charge in [-0.1, -0.05) is 11.3 Å². The van der Waals surface area contributed by atoms with Gasteiger partial charge in [-0.15, -0.1) is 10.2 Å². The summed E-state index contributed by atoms with van der Waals surface area (Å²) in [6.07, 6.45) is 1.80.